The van der Waals surface area contributed by atoms with Crippen LogP contribution in [0.25, 0.3) is 0 Å². The normalized spacial score (nSPS) is 30.1. The first-order chi connectivity index (χ1) is 6.13. The van der Waals surface area contributed by atoms with E-state index in [4.69, 9.17) is 5.73 Å². The summed E-state index contributed by atoms with van der Waals surface area (Å²) in [4.78, 5) is 13.3. The molecule has 0 saturated carbocycles. The number of nitrogens with zero attached hydrogens (tertiary/aromatic N) is 1. The molecular weight excluding hydrogens is 166 g/mol. The second-order valence-corrected chi connectivity index (χ2v) is 3.74. The first kappa shape index (κ1) is 10.5. The second kappa shape index (κ2) is 4.58. The number of nitrogens with one attached hydrogen (secondary N) is 1. The van der Waals surface area contributed by atoms with E-state index in [0.29, 0.717) is 6.42 Å². The second-order valence-electron chi connectivity index (χ2n) is 3.74. The Kier molecular flexibility index (Phi) is 3.69. The SMILES string of the molecule is CCC(=O)NC1CN(C)CCC1N. The molecule has 2 atom stereocenters. The van der Waals surface area contributed by atoms with Crippen LogP contribution in [0.5, 0.6) is 0 Å². The van der Waals surface area contributed by atoms with E-state index in [1.807, 2.05) is 6.92 Å². The summed E-state index contributed by atoms with van der Waals surface area (Å²) in [5.41, 5.74) is 5.90. The zero-order valence-corrected chi connectivity index (χ0v) is 8.42. The van der Waals surface area contributed by atoms with Crippen LogP contribution in [0.4, 0.5) is 0 Å². The molecule has 0 aromatic carbocycles. The molecule has 0 aliphatic carbocycles. The number of hydrogen-bond donors (Lipinski definition) is 2. The van der Waals surface area contributed by atoms with Crippen molar-refractivity contribution >= 4 is 5.91 Å². The molecule has 1 aliphatic heterocycles. The minimum atomic E-state index is 0.0933. The predicted molar refractivity (Wildman–Crippen MR) is 52.3 cm³/mol. The van der Waals surface area contributed by atoms with Gasteiger partial charge in [-0.05, 0) is 20.0 Å². The highest BCUT2D eigenvalue weighted by Gasteiger charge is 2.25. The molecule has 2 unspecified atom stereocenters. The quantitative estimate of drug-likeness (QED) is 0.612. The Hall–Kier alpha value is -0.610. The van der Waals surface area contributed by atoms with Crippen LogP contribution in [-0.2, 0) is 4.79 Å². The van der Waals surface area contributed by atoms with E-state index in [-0.39, 0.29) is 18.0 Å². The van der Waals surface area contributed by atoms with Gasteiger partial charge in [0.25, 0.3) is 0 Å². The van der Waals surface area contributed by atoms with Crippen LogP contribution in [0.15, 0.2) is 0 Å². The van der Waals surface area contributed by atoms with Crippen LogP contribution >= 0.6 is 0 Å². The molecule has 1 aliphatic rings. The predicted octanol–water partition coefficient (Wildman–Crippen LogP) is -0.456. The highest BCUT2D eigenvalue weighted by molar-refractivity contribution is 5.75. The topological polar surface area (TPSA) is 58.4 Å². The Labute approximate surface area is 79.5 Å². The molecular formula is C9H19N3O. The fourth-order valence-corrected chi connectivity index (χ4v) is 1.59. The number of likely N-dealkylation sites (N-methyl/N-ethyl adjacent to an activating group) is 1. The van der Waals surface area contributed by atoms with Gasteiger partial charge in [0.05, 0.1) is 6.04 Å². The van der Waals surface area contributed by atoms with E-state index < -0.39 is 0 Å². The Morgan fingerprint density at radius 3 is 3.00 bits per heavy atom. The largest absolute Gasteiger partial charge is 0.351 e. The van der Waals surface area contributed by atoms with Crippen molar-refractivity contribution in [2.24, 2.45) is 5.73 Å². The molecule has 13 heavy (non-hydrogen) atoms. The lowest BCUT2D eigenvalue weighted by molar-refractivity contribution is -0.121. The maximum absolute atomic E-state index is 11.1. The third-order valence-corrected chi connectivity index (χ3v) is 2.54. The van der Waals surface area contributed by atoms with Crippen LogP contribution in [0.1, 0.15) is 19.8 Å². The van der Waals surface area contributed by atoms with Gasteiger partial charge in [-0.25, -0.2) is 0 Å². The van der Waals surface area contributed by atoms with Gasteiger partial charge in [-0.2, -0.15) is 0 Å². The van der Waals surface area contributed by atoms with Gasteiger partial charge in [-0.3, -0.25) is 4.79 Å². The van der Waals surface area contributed by atoms with Gasteiger partial charge in [0.2, 0.25) is 5.91 Å². The van der Waals surface area contributed by atoms with E-state index in [9.17, 15) is 4.79 Å². The number of nitrogens with two attached hydrogens (primary N) is 1. The zero-order valence-electron chi connectivity index (χ0n) is 8.42. The van der Waals surface area contributed by atoms with Gasteiger partial charge in [-0.1, -0.05) is 6.92 Å². The van der Waals surface area contributed by atoms with Crippen LogP contribution in [-0.4, -0.2) is 43.0 Å². The molecule has 0 aromatic heterocycles. The zero-order chi connectivity index (χ0) is 9.84. The molecule has 4 nitrogen and oxygen atoms in total. The van der Waals surface area contributed by atoms with Gasteiger partial charge < -0.3 is 16.0 Å². The molecule has 0 spiro atoms. The lowest BCUT2D eigenvalue weighted by Gasteiger charge is -2.35. The van der Waals surface area contributed by atoms with Crippen molar-refractivity contribution < 1.29 is 4.79 Å². The molecule has 0 bridgehead atoms. The molecule has 1 amide bonds. The summed E-state index contributed by atoms with van der Waals surface area (Å²) >= 11 is 0. The summed E-state index contributed by atoms with van der Waals surface area (Å²) in [7, 11) is 2.05. The van der Waals surface area contributed by atoms with Crippen molar-refractivity contribution in [3.63, 3.8) is 0 Å². The third kappa shape index (κ3) is 2.97. The Bertz CT molecular complexity index is 184. The van der Waals surface area contributed by atoms with E-state index in [0.717, 1.165) is 19.5 Å². The highest BCUT2D eigenvalue weighted by Crippen LogP contribution is 2.07. The van der Waals surface area contributed by atoms with Crippen molar-refractivity contribution in [3.8, 4) is 0 Å². The minimum Gasteiger partial charge on any atom is -0.351 e. The molecule has 4 heteroatoms. The first-order valence-corrected chi connectivity index (χ1v) is 4.87. The van der Waals surface area contributed by atoms with Crippen molar-refractivity contribution in [1.82, 2.24) is 10.2 Å². The van der Waals surface area contributed by atoms with Crippen molar-refractivity contribution in [1.29, 1.82) is 0 Å². The van der Waals surface area contributed by atoms with Gasteiger partial charge in [0.1, 0.15) is 0 Å². The smallest absolute Gasteiger partial charge is 0.220 e. The summed E-state index contributed by atoms with van der Waals surface area (Å²) in [5, 5.41) is 2.94. The van der Waals surface area contributed by atoms with Gasteiger partial charge in [-0.15, -0.1) is 0 Å². The Morgan fingerprint density at radius 1 is 1.69 bits per heavy atom. The summed E-state index contributed by atoms with van der Waals surface area (Å²) in [5.74, 6) is 0.0933. The number of piperidine rings is 1. The Morgan fingerprint density at radius 2 is 2.38 bits per heavy atom. The first-order valence-electron chi connectivity index (χ1n) is 4.87. The van der Waals surface area contributed by atoms with Crippen LogP contribution < -0.4 is 11.1 Å². The summed E-state index contributed by atoms with van der Waals surface area (Å²) in [6.45, 7) is 3.75. The van der Waals surface area contributed by atoms with Crippen LogP contribution in [0.2, 0.25) is 0 Å². The molecule has 76 valence electrons. The number of hydrogen-bond acceptors (Lipinski definition) is 3. The molecule has 0 aromatic rings. The van der Waals surface area contributed by atoms with E-state index in [2.05, 4.69) is 17.3 Å². The van der Waals surface area contributed by atoms with E-state index >= 15 is 0 Å². The summed E-state index contributed by atoms with van der Waals surface area (Å²) in [6.07, 6.45) is 1.50. The van der Waals surface area contributed by atoms with Gasteiger partial charge in [0.15, 0.2) is 0 Å². The van der Waals surface area contributed by atoms with Crippen LogP contribution in [0.3, 0.4) is 0 Å². The van der Waals surface area contributed by atoms with Crippen molar-refractivity contribution in [2.75, 3.05) is 20.1 Å². The highest BCUT2D eigenvalue weighted by atomic mass is 16.1. The fraction of sp³-hybridized carbons (Fsp3) is 0.889. The molecule has 0 radical (unpaired) electrons. The maximum atomic E-state index is 11.1. The fourth-order valence-electron chi connectivity index (χ4n) is 1.59. The Balaban J connectivity index is 2.41. The molecule has 1 saturated heterocycles. The van der Waals surface area contributed by atoms with Crippen molar-refractivity contribution in [2.45, 2.75) is 31.8 Å². The number of carbonyl (C=O) groups excluding carboxylic acids is 1. The minimum absolute atomic E-state index is 0.0933. The number of amides is 1. The summed E-state index contributed by atoms with van der Waals surface area (Å²) in [6, 6.07) is 0.248. The monoisotopic (exact) mass is 185 g/mol. The van der Waals surface area contributed by atoms with Gasteiger partial charge in [0, 0.05) is 19.0 Å². The average molecular weight is 185 g/mol. The average Bonchev–Trinajstić information content (AvgIpc) is 2.11. The molecule has 1 rings (SSSR count). The third-order valence-electron chi connectivity index (χ3n) is 2.54. The summed E-state index contributed by atoms with van der Waals surface area (Å²) < 4.78 is 0. The number of rotatable bonds is 2. The number of likely N-dealkylation sites (tertiary alicyclic amines) is 1. The van der Waals surface area contributed by atoms with E-state index in [1.54, 1.807) is 0 Å². The molecule has 1 heterocycles. The van der Waals surface area contributed by atoms with Crippen LogP contribution in [0, 0.1) is 0 Å². The lowest BCUT2D eigenvalue weighted by atomic mass is 10.0. The number of carbonyl (C=O) groups is 1. The standard InChI is InChI=1S/C9H19N3O/c1-3-9(13)11-8-6-12(2)5-4-7(8)10/h7-8H,3-6,10H2,1-2H3,(H,11,13). The molecule has 1 fully saturated rings. The maximum Gasteiger partial charge on any atom is 0.220 e. The van der Waals surface area contributed by atoms with Crippen molar-refractivity contribution in [3.05, 3.63) is 0 Å². The van der Waals surface area contributed by atoms with Gasteiger partial charge >= 0.3 is 0 Å². The van der Waals surface area contributed by atoms with E-state index in [1.165, 1.54) is 0 Å². The lowest BCUT2D eigenvalue weighted by Crippen LogP contribution is -2.57. The molecule has 3 N–H and O–H groups in total.